The van der Waals surface area contributed by atoms with Crippen molar-refractivity contribution in [3.05, 3.63) is 24.4 Å². The third kappa shape index (κ3) is 3.55. The van der Waals surface area contributed by atoms with E-state index in [1.54, 1.807) is 13.1 Å². The Hall–Kier alpha value is -1.03. The molecule has 0 amide bonds. The minimum Gasteiger partial charge on any atom is -0.465 e. The summed E-state index contributed by atoms with van der Waals surface area (Å²) in [6.07, 6.45) is 1.71. The van der Waals surface area contributed by atoms with Gasteiger partial charge in [-0.1, -0.05) is 17.8 Å². The van der Waals surface area contributed by atoms with Crippen LogP contribution in [0.3, 0.4) is 0 Å². The molecular weight excluding hydrogens is 210 g/mol. The fourth-order valence-corrected chi connectivity index (χ4v) is 1.94. The van der Waals surface area contributed by atoms with Crippen molar-refractivity contribution in [1.82, 2.24) is 4.98 Å². The molecule has 0 N–H and O–H groups in total. The number of rotatable bonds is 4. The predicted octanol–water partition coefficient (Wildman–Crippen LogP) is 2.52. The van der Waals surface area contributed by atoms with Gasteiger partial charge in [-0.3, -0.25) is 4.79 Å². The molecular formula is C11H15NO2S. The van der Waals surface area contributed by atoms with E-state index in [0.717, 1.165) is 5.03 Å². The monoisotopic (exact) mass is 225 g/mol. The summed E-state index contributed by atoms with van der Waals surface area (Å²) < 4.78 is 4.40. The van der Waals surface area contributed by atoms with Crippen LogP contribution in [0.25, 0.3) is 0 Å². The maximum absolute atomic E-state index is 11.6. The first-order valence-electron chi connectivity index (χ1n) is 4.83. The average molecular weight is 225 g/mol. The molecule has 82 valence electrons. The number of carbonyl (C=O) groups excluding carboxylic acids is 1. The lowest BCUT2D eigenvalue weighted by molar-refractivity contribution is -0.145. The molecule has 0 aliphatic heterocycles. The number of pyridine rings is 1. The van der Waals surface area contributed by atoms with E-state index < -0.39 is 4.75 Å². The van der Waals surface area contributed by atoms with E-state index in [0.29, 0.717) is 6.61 Å². The highest BCUT2D eigenvalue weighted by molar-refractivity contribution is 8.01. The summed E-state index contributed by atoms with van der Waals surface area (Å²) in [6, 6.07) is 5.63. The van der Waals surface area contributed by atoms with Crippen molar-refractivity contribution in [1.29, 1.82) is 0 Å². The molecule has 4 heteroatoms. The lowest BCUT2D eigenvalue weighted by Crippen LogP contribution is -2.30. The molecule has 0 spiro atoms. The molecule has 0 aliphatic carbocycles. The lowest BCUT2D eigenvalue weighted by atomic mass is 10.2. The Morgan fingerprint density at radius 3 is 2.80 bits per heavy atom. The Kier molecular flexibility index (Phi) is 4.15. The van der Waals surface area contributed by atoms with Gasteiger partial charge in [-0.2, -0.15) is 0 Å². The fraction of sp³-hybridized carbons (Fsp3) is 0.455. The van der Waals surface area contributed by atoms with Crippen LogP contribution in [0, 0.1) is 0 Å². The molecule has 0 aromatic carbocycles. The lowest BCUT2D eigenvalue weighted by Gasteiger charge is -2.20. The zero-order chi connectivity index (χ0) is 11.3. The molecule has 0 aliphatic rings. The third-order valence-corrected chi connectivity index (χ3v) is 2.89. The number of aromatic nitrogens is 1. The molecule has 1 rings (SSSR count). The molecule has 0 unspecified atom stereocenters. The average Bonchev–Trinajstić information content (AvgIpc) is 2.19. The maximum atomic E-state index is 11.6. The molecule has 1 aromatic heterocycles. The molecule has 0 saturated heterocycles. The number of carbonyl (C=O) groups is 1. The van der Waals surface area contributed by atoms with Crippen molar-refractivity contribution in [3.63, 3.8) is 0 Å². The third-order valence-electron chi connectivity index (χ3n) is 1.76. The van der Waals surface area contributed by atoms with Gasteiger partial charge in [0.05, 0.1) is 11.6 Å². The van der Waals surface area contributed by atoms with Crippen molar-refractivity contribution in [3.8, 4) is 0 Å². The molecule has 0 radical (unpaired) electrons. The molecule has 0 atom stereocenters. The molecule has 15 heavy (non-hydrogen) atoms. The highest BCUT2D eigenvalue weighted by Crippen LogP contribution is 2.31. The van der Waals surface area contributed by atoms with Crippen LogP contribution >= 0.6 is 11.8 Å². The van der Waals surface area contributed by atoms with Gasteiger partial charge in [0, 0.05) is 6.20 Å². The molecule has 0 saturated carbocycles. The second-order valence-corrected chi connectivity index (χ2v) is 5.14. The minimum atomic E-state index is -0.593. The molecule has 0 fully saturated rings. The number of thioether (sulfide) groups is 1. The quantitative estimate of drug-likeness (QED) is 0.583. The molecule has 1 heterocycles. The summed E-state index contributed by atoms with van der Waals surface area (Å²) in [5.41, 5.74) is 0. The van der Waals surface area contributed by atoms with E-state index in [1.165, 1.54) is 11.8 Å². The standard InChI is InChI=1S/C11H15NO2S/c1-4-14-10(13)11(2,3)15-9-7-5-6-8-12-9/h5-8H,4H2,1-3H3. The van der Waals surface area contributed by atoms with Gasteiger partial charge in [-0.05, 0) is 32.9 Å². The van der Waals surface area contributed by atoms with E-state index in [9.17, 15) is 4.79 Å². The second kappa shape index (κ2) is 5.16. The minimum absolute atomic E-state index is 0.208. The van der Waals surface area contributed by atoms with Gasteiger partial charge in [0.15, 0.2) is 0 Å². The topological polar surface area (TPSA) is 39.2 Å². The van der Waals surface area contributed by atoms with Gasteiger partial charge in [0.2, 0.25) is 0 Å². The highest BCUT2D eigenvalue weighted by Gasteiger charge is 2.30. The molecule has 3 nitrogen and oxygen atoms in total. The van der Waals surface area contributed by atoms with Crippen LogP contribution in [-0.2, 0) is 9.53 Å². The normalized spacial score (nSPS) is 11.1. The largest absolute Gasteiger partial charge is 0.465 e. The van der Waals surface area contributed by atoms with Crippen molar-refractivity contribution in [2.45, 2.75) is 30.5 Å². The van der Waals surface area contributed by atoms with Gasteiger partial charge >= 0.3 is 5.97 Å². The number of hydrogen-bond donors (Lipinski definition) is 0. The Bertz CT molecular complexity index is 325. The Labute approximate surface area is 94.2 Å². The molecule has 1 aromatic rings. The first-order chi connectivity index (χ1) is 7.06. The van der Waals surface area contributed by atoms with E-state index in [1.807, 2.05) is 32.0 Å². The first kappa shape index (κ1) is 12.0. The van der Waals surface area contributed by atoms with Gasteiger partial charge < -0.3 is 4.74 Å². The summed E-state index contributed by atoms with van der Waals surface area (Å²) in [5, 5.41) is 0.829. The maximum Gasteiger partial charge on any atom is 0.322 e. The van der Waals surface area contributed by atoms with Crippen molar-refractivity contribution in [2.75, 3.05) is 6.61 Å². The van der Waals surface area contributed by atoms with Gasteiger partial charge in [-0.25, -0.2) is 4.98 Å². The summed E-state index contributed by atoms with van der Waals surface area (Å²) in [4.78, 5) is 15.8. The van der Waals surface area contributed by atoms with E-state index in [4.69, 9.17) is 4.74 Å². The summed E-state index contributed by atoms with van der Waals surface area (Å²) >= 11 is 1.41. The summed E-state index contributed by atoms with van der Waals surface area (Å²) in [5.74, 6) is -0.208. The van der Waals surface area contributed by atoms with Crippen LogP contribution in [-0.4, -0.2) is 22.3 Å². The van der Waals surface area contributed by atoms with Crippen LogP contribution in [0.5, 0.6) is 0 Å². The Balaban J connectivity index is 2.68. The van der Waals surface area contributed by atoms with Gasteiger partial charge in [0.25, 0.3) is 0 Å². The second-order valence-electron chi connectivity index (χ2n) is 3.50. The van der Waals surface area contributed by atoms with Crippen molar-refractivity contribution < 1.29 is 9.53 Å². The van der Waals surface area contributed by atoms with Gasteiger partial charge in [0.1, 0.15) is 4.75 Å². The number of ether oxygens (including phenoxy) is 1. The first-order valence-corrected chi connectivity index (χ1v) is 5.65. The van der Waals surface area contributed by atoms with E-state index in [2.05, 4.69) is 4.98 Å². The fourth-order valence-electron chi connectivity index (χ4n) is 1.02. The number of nitrogens with zero attached hydrogens (tertiary/aromatic N) is 1. The number of esters is 1. The van der Waals surface area contributed by atoms with Crippen LogP contribution < -0.4 is 0 Å². The summed E-state index contributed by atoms with van der Waals surface area (Å²) in [7, 11) is 0. The summed E-state index contributed by atoms with van der Waals surface area (Å²) in [6.45, 7) is 5.89. The van der Waals surface area contributed by atoms with E-state index in [-0.39, 0.29) is 5.97 Å². The zero-order valence-corrected chi connectivity index (χ0v) is 10.0. The van der Waals surface area contributed by atoms with Gasteiger partial charge in [-0.15, -0.1) is 0 Å². The van der Waals surface area contributed by atoms with Crippen LogP contribution in [0.2, 0.25) is 0 Å². The smallest absolute Gasteiger partial charge is 0.322 e. The van der Waals surface area contributed by atoms with E-state index >= 15 is 0 Å². The van der Waals surface area contributed by atoms with Crippen molar-refractivity contribution >= 4 is 17.7 Å². The molecule has 0 bridgehead atoms. The SMILES string of the molecule is CCOC(=O)C(C)(C)Sc1ccccn1. The Morgan fingerprint density at radius 1 is 1.53 bits per heavy atom. The van der Waals surface area contributed by atoms with Crippen molar-refractivity contribution in [2.24, 2.45) is 0 Å². The van der Waals surface area contributed by atoms with Crippen LogP contribution in [0.4, 0.5) is 0 Å². The van der Waals surface area contributed by atoms with Crippen LogP contribution in [0.1, 0.15) is 20.8 Å². The number of hydrogen-bond acceptors (Lipinski definition) is 4. The highest BCUT2D eigenvalue weighted by atomic mass is 32.2. The van der Waals surface area contributed by atoms with Crippen LogP contribution in [0.15, 0.2) is 29.4 Å². The zero-order valence-electron chi connectivity index (χ0n) is 9.19. The predicted molar refractivity (Wildman–Crippen MR) is 60.8 cm³/mol. The Morgan fingerprint density at radius 2 is 2.27 bits per heavy atom.